The molecule has 36 heavy (non-hydrogen) atoms. The van der Waals surface area contributed by atoms with Crippen LogP contribution in [-0.4, -0.2) is 71.7 Å². The smallest absolute Gasteiger partial charge is 0.323 e. The van der Waals surface area contributed by atoms with E-state index in [9.17, 15) is 4.79 Å². The minimum Gasteiger partial charge on any atom is -0.379 e. The molecule has 1 saturated heterocycles. The largest absolute Gasteiger partial charge is 0.379 e. The Labute approximate surface area is 215 Å². The molecule has 4 aromatic rings. The average Bonchev–Trinajstić information content (AvgIpc) is 3.34. The number of rotatable bonds is 9. The van der Waals surface area contributed by atoms with Gasteiger partial charge in [0.05, 0.1) is 13.2 Å². The highest BCUT2D eigenvalue weighted by Crippen LogP contribution is 2.29. The van der Waals surface area contributed by atoms with Crippen LogP contribution in [0.5, 0.6) is 0 Å². The zero-order chi connectivity index (χ0) is 24.6. The molecule has 0 radical (unpaired) electrons. The fraction of sp³-hybridized carbons (Fsp3) is 0.321. The van der Waals surface area contributed by atoms with Crippen molar-refractivity contribution in [1.82, 2.24) is 19.8 Å². The standard InChI is InChI=1S/C28H31N5O2S/c34-28(31-27-30-25-12-7-14-29-26(25)36-27)33(17-16-32-18-20-35-21-19-32)15-13-24(22-8-3-1-4-9-22)23-10-5-2-6-11-23/h1-12,14,24H,13,15-21H2,(H,30,31,34). The molecular formula is C28H31N5O2S. The quantitative estimate of drug-likeness (QED) is 0.346. The zero-order valence-electron chi connectivity index (χ0n) is 20.3. The Bertz CT molecular complexity index is 1170. The minimum atomic E-state index is -0.123. The number of carbonyl (C=O) groups is 1. The van der Waals surface area contributed by atoms with E-state index in [0.29, 0.717) is 18.2 Å². The summed E-state index contributed by atoms with van der Waals surface area (Å²) in [7, 11) is 0. The maximum atomic E-state index is 13.5. The highest BCUT2D eigenvalue weighted by molar-refractivity contribution is 7.21. The van der Waals surface area contributed by atoms with Crippen molar-refractivity contribution < 1.29 is 9.53 Å². The summed E-state index contributed by atoms with van der Waals surface area (Å²) in [5.41, 5.74) is 3.31. The Balaban J connectivity index is 1.32. The fourth-order valence-corrected chi connectivity index (χ4v) is 5.37. The number of ether oxygens (including phenoxy) is 1. The number of fused-ring (bicyclic) bond motifs is 1. The van der Waals surface area contributed by atoms with E-state index in [4.69, 9.17) is 4.74 Å². The number of anilines is 1. The molecule has 0 unspecified atom stereocenters. The Morgan fingerprint density at radius 1 is 0.972 bits per heavy atom. The second kappa shape index (κ2) is 12.1. The molecule has 0 atom stereocenters. The van der Waals surface area contributed by atoms with Crippen molar-refractivity contribution in [2.24, 2.45) is 0 Å². The normalized spacial score (nSPS) is 14.2. The van der Waals surface area contributed by atoms with Crippen molar-refractivity contribution in [2.45, 2.75) is 12.3 Å². The van der Waals surface area contributed by atoms with Crippen LogP contribution in [-0.2, 0) is 4.74 Å². The van der Waals surface area contributed by atoms with Crippen LogP contribution >= 0.6 is 11.3 Å². The van der Waals surface area contributed by atoms with Gasteiger partial charge in [0.25, 0.3) is 0 Å². The van der Waals surface area contributed by atoms with E-state index in [2.05, 4.69) is 68.7 Å². The highest BCUT2D eigenvalue weighted by atomic mass is 32.1. The van der Waals surface area contributed by atoms with E-state index >= 15 is 0 Å². The first-order chi connectivity index (χ1) is 17.8. The summed E-state index contributed by atoms with van der Waals surface area (Å²) < 4.78 is 5.49. The third-order valence-corrected chi connectivity index (χ3v) is 7.44. The number of amides is 2. The molecule has 3 heterocycles. The lowest BCUT2D eigenvalue weighted by molar-refractivity contribution is 0.0351. The van der Waals surface area contributed by atoms with E-state index < -0.39 is 0 Å². The summed E-state index contributed by atoms with van der Waals surface area (Å²) in [4.78, 5) is 27.5. The van der Waals surface area contributed by atoms with Crippen LogP contribution in [0.15, 0.2) is 79.0 Å². The molecule has 0 saturated carbocycles. The maximum Gasteiger partial charge on any atom is 0.323 e. The van der Waals surface area contributed by atoms with Crippen molar-refractivity contribution in [3.8, 4) is 0 Å². The molecular weight excluding hydrogens is 470 g/mol. The predicted molar refractivity (Wildman–Crippen MR) is 145 cm³/mol. The highest BCUT2D eigenvalue weighted by Gasteiger charge is 2.21. The lowest BCUT2D eigenvalue weighted by Crippen LogP contribution is -2.44. The van der Waals surface area contributed by atoms with Crippen LogP contribution in [0.25, 0.3) is 10.3 Å². The van der Waals surface area contributed by atoms with Gasteiger partial charge in [0.15, 0.2) is 5.13 Å². The topological polar surface area (TPSA) is 70.6 Å². The summed E-state index contributed by atoms with van der Waals surface area (Å²) in [6.07, 6.45) is 2.57. The number of carbonyl (C=O) groups excluding carboxylic acids is 1. The lowest BCUT2D eigenvalue weighted by atomic mass is 9.88. The van der Waals surface area contributed by atoms with Gasteiger partial charge in [-0.15, -0.1) is 0 Å². The second-order valence-electron chi connectivity index (χ2n) is 8.88. The summed E-state index contributed by atoms with van der Waals surface area (Å²) >= 11 is 1.40. The zero-order valence-corrected chi connectivity index (χ0v) is 21.1. The Morgan fingerprint density at radius 3 is 2.33 bits per heavy atom. The maximum absolute atomic E-state index is 13.5. The van der Waals surface area contributed by atoms with E-state index in [1.165, 1.54) is 22.5 Å². The molecule has 8 heteroatoms. The van der Waals surface area contributed by atoms with Crippen LogP contribution in [0, 0.1) is 0 Å². The van der Waals surface area contributed by atoms with Gasteiger partial charge in [-0.25, -0.2) is 14.8 Å². The van der Waals surface area contributed by atoms with Gasteiger partial charge in [-0.1, -0.05) is 72.0 Å². The molecule has 1 aliphatic rings. The number of nitrogens with zero attached hydrogens (tertiary/aromatic N) is 4. The number of thiazole rings is 1. The third kappa shape index (κ3) is 6.26. The van der Waals surface area contributed by atoms with Gasteiger partial charge in [-0.05, 0) is 29.7 Å². The number of pyridine rings is 1. The number of benzene rings is 2. The number of morpholine rings is 1. The van der Waals surface area contributed by atoms with E-state index in [-0.39, 0.29) is 11.9 Å². The third-order valence-electron chi connectivity index (χ3n) is 6.55. The lowest BCUT2D eigenvalue weighted by Gasteiger charge is -2.31. The second-order valence-corrected chi connectivity index (χ2v) is 9.86. The molecule has 1 aliphatic heterocycles. The van der Waals surface area contributed by atoms with Gasteiger partial charge in [0.2, 0.25) is 0 Å². The van der Waals surface area contributed by atoms with Crippen LogP contribution in [0.3, 0.4) is 0 Å². The van der Waals surface area contributed by atoms with Crippen molar-refractivity contribution in [3.63, 3.8) is 0 Å². The SMILES string of the molecule is O=C(Nc1nc2cccnc2s1)N(CCC(c1ccccc1)c1ccccc1)CCN1CCOCC1. The van der Waals surface area contributed by atoms with E-state index in [1.54, 1.807) is 6.20 Å². The average molecular weight is 502 g/mol. The molecule has 0 bridgehead atoms. The van der Waals surface area contributed by atoms with Gasteiger partial charge in [0.1, 0.15) is 10.3 Å². The Morgan fingerprint density at radius 2 is 1.67 bits per heavy atom. The molecule has 1 N–H and O–H groups in total. The number of aromatic nitrogens is 2. The Kier molecular flexibility index (Phi) is 8.17. The van der Waals surface area contributed by atoms with Gasteiger partial charge in [-0.3, -0.25) is 10.2 Å². The fourth-order valence-electron chi connectivity index (χ4n) is 4.58. The van der Waals surface area contributed by atoms with Crippen molar-refractivity contribution in [3.05, 3.63) is 90.1 Å². The summed E-state index contributed by atoms with van der Waals surface area (Å²) in [5, 5.41) is 3.61. The van der Waals surface area contributed by atoms with Gasteiger partial charge < -0.3 is 9.64 Å². The van der Waals surface area contributed by atoms with Gasteiger partial charge in [-0.2, -0.15) is 0 Å². The predicted octanol–water partition coefficient (Wildman–Crippen LogP) is 5.08. The first-order valence-electron chi connectivity index (χ1n) is 12.4. The van der Waals surface area contributed by atoms with Crippen LogP contribution in [0.4, 0.5) is 9.93 Å². The number of hydrogen-bond acceptors (Lipinski definition) is 6. The van der Waals surface area contributed by atoms with E-state index in [1.807, 2.05) is 29.2 Å². The molecule has 5 rings (SSSR count). The molecule has 0 spiro atoms. The number of urea groups is 1. The van der Waals surface area contributed by atoms with Gasteiger partial charge >= 0.3 is 6.03 Å². The van der Waals surface area contributed by atoms with E-state index in [0.717, 1.165) is 49.6 Å². The summed E-state index contributed by atoms with van der Waals surface area (Å²) in [6.45, 7) is 5.38. The first-order valence-corrected chi connectivity index (χ1v) is 13.3. The molecule has 186 valence electrons. The summed E-state index contributed by atoms with van der Waals surface area (Å²) in [5.74, 6) is 0.206. The van der Waals surface area contributed by atoms with Crippen LogP contribution in [0.1, 0.15) is 23.5 Å². The van der Waals surface area contributed by atoms with Gasteiger partial charge in [0, 0.05) is 44.8 Å². The van der Waals surface area contributed by atoms with Crippen LogP contribution in [0.2, 0.25) is 0 Å². The Hall–Kier alpha value is -3.33. The monoisotopic (exact) mass is 501 g/mol. The number of nitrogens with one attached hydrogen (secondary N) is 1. The molecule has 7 nitrogen and oxygen atoms in total. The molecule has 2 amide bonds. The van der Waals surface area contributed by atoms with Crippen molar-refractivity contribution in [2.75, 3.05) is 51.3 Å². The van der Waals surface area contributed by atoms with Crippen LogP contribution < -0.4 is 5.32 Å². The van der Waals surface area contributed by atoms with Crippen molar-refractivity contribution in [1.29, 1.82) is 0 Å². The first kappa shape index (κ1) is 24.4. The number of hydrogen-bond donors (Lipinski definition) is 1. The molecule has 0 aliphatic carbocycles. The van der Waals surface area contributed by atoms with Crippen molar-refractivity contribution >= 4 is 32.8 Å². The summed E-state index contributed by atoms with van der Waals surface area (Å²) in [6, 6.07) is 24.7. The molecule has 2 aromatic carbocycles. The molecule has 2 aromatic heterocycles. The minimum absolute atomic E-state index is 0.123. The molecule has 1 fully saturated rings.